The molecule has 19 heavy (non-hydrogen) atoms. The molecule has 0 aliphatic rings. The first kappa shape index (κ1) is 13.1. The minimum atomic E-state index is -1.35. The van der Waals surface area contributed by atoms with E-state index < -0.39 is 24.5 Å². The Bertz CT molecular complexity index is 581. The van der Waals surface area contributed by atoms with Crippen LogP contribution in [0.4, 0.5) is 0 Å². The molecule has 0 unspecified atom stereocenters. The molecular formula is C9H9N5O4S. The molecule has 0 aliphatic heterocycles. The Morgan fingerprint density at radius 1 is 1.53 bits per heavy atom. The first-order chi connectivity index (χ1) is 9.13. The van der Waals surface area contributed by atoms with Crippen molar-refractivity contribution in [1.82, 2.24) is 25.5 Å². The summed E-state index contributed by atoms with van der Waals surface area (Å²) in [7, 11) is 0. The molecule has 1 atom stereocenters. The van der Waals surface area contributed by atoms with Gasteiger partial charge in [0.15, 0.2) is 6.04 Å². The quantitative estimate of drug-likeness (QED) is 0.634. The number of carboxylic acids is 1. The van der Waals surface area contributed by atoms with Crippen LogP contribution >= 0.6 is 11.3 Å². The van der Waals surface area contributed by atoms with Crippen LogP contribution in [0.2, 0.25) is 0 Å². The van der Waals surface area contributed by atoms with E-state index in [-0.39, 0.29) is 4.88 Å². The van der Waals surface area contributed by atoms with E-state index in [1.807, 2.05) is 0 Å². The maximum Gasteiger partial charge on any atom is 0.328 e. The van der Waals surface area contributed by atoms with Gasteiger partial charge in [-0.3, -0.25) is 4.79 Å². The Balaban J connectivity index is 2.21. The number of aliphatic hydroxyl groups excluding tert-OH is 1. The Kier molecular flexibility index (Phi) is 3.82. The number of hydrogen-bond acceptors (Lipinski definition) is 7. The third-order valence-corrected chi connectivity index (χ3v) is 3.13. The zero-order valence-electron chi connectivity index (χ0n) is 9.42. The summed E-state index contributed by atoms with van der Waals surface area (Å²) in [5.41, 5.74) is 0.439. The van der Waals surface area contributed by atoms with Gasteiger partial charge >= 0.3 is 5.97 Å². The van der Waals surface area contributed by atoms with Crippen molar-refractivity contribution in [2.45, 2.75) is 6.04 Å². The van der Waals surface area contributed by atoms with Crippen LogP contribution in [0.3, 0.4) is 0 Å². The second kappa shape index (κ2) is 5.54. The number of thiophene rings is 1. The van der Waals surface area contributed by atoms with E-state index in [9.17, 15) is 9.59 Å². The number of nitrogens with one attached hydrogen (secondary N) is 1. The normalized spacial score (nSPS) is 12.1. The topological polar surface area (TPSA) is 130 Å². The van der Waals surface area contributed by atoms with Crippen LogP contribution < -0.4 is 5.32 Å². The molecule has 0 spiro atoms. The smallest absolute Gasteiger partial charge is 0.328 e. The van der Waals surface area contributed by atoms with Crippen molar-refractivity contribution >= 4 is 23.2 Å². The highest BCUT2D eigenvalue weighted by atomic mass is 32.1. The van der Waals surface area contributed by atoms with E-state index in [1.54, 1.807) is 11.4 Å². The van der Waals surface area contributed by atoms with Crippen molar-refractivity contribution in [2.75, 3.05) is 6.61 Å². The predicted octanol–water partition coefficient (Wildman–Crippen LogP) is -1.10. The fraction of sp³-hybridized carbons (Fsp3) is 0.222. The third-order valence-electron chi connectivity index (χ3n) is 2.23. The second-order valence-electron chi connectivity index (χ2n) is 3.44. The minimum Gasteiger partial charge on any atom is -0.480 e. The number of carbonyl (C=O) groups excluding carboxylic acids is 1. The summed E-state index contributed by atoms with van der Waals surface area (Å²) >= 11 is 1.12. The first-order valence-corrected chi connectivity index (χ1v) is 5.97. The standard InChI is InChI=1S/C9H9N5O4S/c15-3-5(9(17)18)11-8(16)7-6(1-2-19-7)14-4-10-12-13-14/h1-2,4-5,15H,3H2,(H,11,16)(H,17,18)/t5-/m1/s1. The summed E-state index contributed by atoms with van der Waals surface area (Å²) in [5.74, 6) is -1.92. The molecule has 2 aromatic heterocycles. The molecule has 9 nitrogen and oxygen atoms in total. The van der Waals surface area contributed by atoms with E-state index in [1.165, 1.54) is 11.0 Å². The number of aliphatic hydroxyl groups is 1. The number of tetrazole rings is 1. The lowest BCUT2D eigenvalue weighted by atomic mass is 10.3. The minimum absolute atomic E-state index is 0.256. The summed E-state index contributed by atoms with van der Waals surface area (Å²) in [6.45, 7) is -0.688. The highest BCUT2D eigenvalue weighted by molar-refractivity contribution is 7.12. The van der Waals surface area contributed by atoms with Gasteiger partial charge < -0.3 is 15.5 Å². The largest absolute Gasteiger partial charge is 0.480 e. The molecule has 0 fully saturated rings. The molecule has 0 radical (unpaired) electrons. The summed E-state index contributed by atoms with van der Waals surface area (Å²) in [6.07, 6.45) is 1.32. The highest BCUT2D eigenvalue weighted by Crippen LogP contribution is 2.19. The third kappa shape index (κ3) is 2.74. The molecule has 2 aromatic rings. The van der Waals surface area contributed by atoms with Gasteiger partial charge in [0.2, 0.25) is 0 Å². The van der Waals surface area contributed by atoms with Crippen LogP contribution in [0.25, 0.3) is 5.69 Å². The molecule has 100 valence electrons. The molecule has 10 heteroatoms. The monoisotopic (exact) mass is 283 g/mol. The number of aromatic nitrogens is 4. The molecule has 2 rings (SSSR count). The summed E-state index contributed by atoms with van der Waals surface area (Å²) < 4.78 is 1.29. The molecule has 1 amide bonds. The van der Waals surface area contributed by atoms with E-state index in [0.29, 0.717) is 5.69 Å². The van der Waals surface area contributed by atoms with Crippen LogP contribution in [0.15, 0.2) is 17.8 Å². The van der Waals surface area contributed by atoms with Gasteiger partial charge in [0.05, 0.1) is 12.3 Å². The van der Waals surface area contributed by atoms with Crippen molar-refractivity contribution in [3.8, 4) is 5.69 Å². The van der Waals surface area contributed by atoms with Gasteiger partial charge in [-0.1, -0.05) is 0 Å². The predicted molar refractivity (Wildman–Crippen MR) is 63.0 cm³/mol. The highest BCUT2D eigenvalue weighted by Gasteiger charge is 2.22. The molecule has 0 bridgehead atoms. The van der Waals surface area contributed by atoms with E-state index in [4.69, 9.17) is 10.2 Å². The van der Waals surface area contributed by atoms with Gasteiger partial charge in [-0.2, -0.15) is 4.68 Å². The van der Waals surface area contributed by atoms with Gasteiger partial charge in [-0.25, -0.2) is 4.79 Å². The SMILES string of the molecule is O=C(N[C@H](CO)C(=O)O)c1sccc1-n1cnnn1. The lowest BCUT2D eigenvalue weighted by Gasteiger charge is -2.11. The zero-order valence-corrected chi connectivity index (χ0v) is 10.2. The van der Waals surface area contributed by atoms with Gasteiger partial charge in [0, 0.05) is 0 Å². The van der Waals surface area contributed by atoms with Gasteiger partial charge in [0.25, 0.3) is 5.91 Å². The zero-order chi connectivity index (χ0) is 13.8. The van der Waals surface area contributed by atoms with Crippen LogP contribution in [-0.4, -0.2) is 54.9 Å². The lowest BCUT2D eigenvalue weighted by molar-refractivity contribution is -0.140. The van der Waals surface area contributed by atoms with Gasteiger partial charge in [-0.05, 0) is 21.9 Å². The number of aliphatic carboxylic acids is 1. The molecular weight excluding hydrogens is 274 g/mol. The van der Waals surface area contributed by atoms with Gasteiger partial charge in [0.1, 0.15) is 11.2 Å². The Labute approximate surface area is 110 Å². The fourth-order valence-electron chi connectivity index (χ4n) is 1.33. The van der Waals surface area contributed by atoms with Crippen LogP contribution in [0.5, 0.6) is 0 Å². The summed E-state index contributed by atoms with van der Waals surface area (Å²) in [6, 6.07) is 0.279. The number of amides is 1. The van der Waals surface area contributed by atoms with Crippen molar-refractivity contribution in [1.29, 1.82) is 0 Å². The number of carbonyl (C=O) groups is 2. The first-order valence-electron chi connectivity index (χ1n) is 5.09. The Hall–Kier alpha value is -2.33. The van der Waals surface area contributed by atoms with Gasteiger partial charge in [-0.15, -0.1) is 16.4 Å². The molecule has 3 N–H and O–H groups in total. The van der Waals surface area contributed by atoms with Crippen molar-refractivity contribution in [3.05, 3.63) is 22.7 Å². The number of carboxylic acid groups (broad SMARTS) is 1. The van der Waals surface area contributed by atoms with Crippen LogP contribution in [0, 0.1) is 0 Å². The van der Waals surface area contributed by atoms with Crippen LogP contribution in [0.1, 0.15) is 9.67 Å². The average molecular weight is 283 g/mol. The molecule has 0 saturated carbocycles. The van der Waals surface area contributed by atoms with E-state index >= 15 is 0 Å². The average Bonchev–Trinajstić information content (AvgIpc) is 3.03. The molecule has 2 heterocycles. The Morgan fingerprint density at radius 3 is 2.89 bits per heavy atom. The number of nitrogens with zero attached hydrogens (tertiary/aromatic N) is 4. The van der Waals surface area contributed by atoms with E-state index in [0.717, 1.165) is 11.3 Å². The maximum atomic E-state index is 11.9. The van der Waals surface area contributed by atoms with Crippen molar-refractivity contribution < 1.29 is 19.8 Å². The molecule has 0 aliphatic carbocycles. The van der Waals surface area contributed by atoms with E-state index in [2.05, 4.69) is 20.8 Å². The van der Waals surface area contributed by atoms with Crippen molar-refractivity contribution in [2.24, 2.45) is 0 Å². The number of rotatable bonds is 5. The van der Waals surface area contributed by atoms with Crippen LogP contribution in [-0.2, 0) is 4.79 Å². The maximum absolute atomic E-state index is 11.9. The molecule has 0 saturated heterocycles. The molecule has 0 aromatic carbocycles. The second-order valence-corrected chi connectivity index (χ2v) is 4.35. The lowest BCUT2D eigenvalue weighted by Crippen LogP contribution is -2.43. The summed E-state index contributed by atoms with van der Waals surface area (Å²) in [5, 5.41) is 32.1. The van der Waals surface area contributed by atoms with Crippen molar-refractivity contribution in [3.63, 3.8) is 0 Å². The fourth-order valence-corrected chi connectivity index (χ4v) is 2.12. The summed E-state index contributed by atoms with van der Waals surface area (Å²) in [4.78, 5) is 22.9. The Morgan fingerprint density at radius 2 is 2.32 bits per heavy atom. The number of hydrogen-bond donors (Lipinski definition) is 3.